The van der Waals surface area contributed by atoms with Gasteiger partial charge in [-0.15, -0.1) is 0 Å². The molecular weight excluding hydrogens is 228 g/mol. The summed E-state index contributed by atoms with van der Waals surface area (Å²) < 4.78 is 0.194. The van der Waals surface area contributed by atoms with E-state index in [1.54, 1.807) is 11.1 Å². The van der Waals surface area contributed by atoms with Gasteiger partial charge in [-0.05, 0) is 0 Å². The standard InChI is InChI=1S/C15H19.Ti.H/c1-15(2,3)14(12-8-4-5-9-12)13-10-6-7-11-13;;/h4-8,10H,9,11H2,1-3H3;;/q;;-1. The second kappa shape index (κ2) is 4.16. The Balaban J connectivity index is 0.00000144. The molecule has 0 saturated heterocycles. The average Bonchev–Trinajstić information content (AvgIpc) is 2.88. The zero-order valence-corrected chi connectivity index (χ0v) is 11.9. The van der Waals surface area contributed by atoms with E-state index >= 15 is 0 Å². The SMILES string of the molecule is CC(C)(C)[C]([Ti])(C1=CC=CC1)C1=CC=CC1.[H-]. The van der Waals surface area contributed by atoms with Gasteiger partial charge in [-0.2, -0.15) is 0 Å². The number of hydrogen-bond donors (Lipinski definition) is 0. The molecule has 85 valence electrons. The summed E-state index contributed by atoms with van der Waals surface area (Å²) in [4.78, 5) is 0. The fraction of sp³-hybridized carbons (Fsp3) is 0.467. The van der Waals surface area contributed by atoms with Crippen LogP contribution in [0.4, 0.5) is 0 Å². The molecule has 0 aromatic rings. The topological polar surface area (TPSA) is 0 Å². The molecule has 0 amide bonds. The molecule has 0 atom stereocenters. The van der Waals surface area contributed by atoms with Crippen molar-refractivity contribution in [3.8, 4) is 0 Å². The quantitative estimate of drug-likeness (QED) is 0.625. The second-order valence-electron chi connectivity index (χ2n) is 5.65. The zero-order valence-electron chi connectivity index (χ0n) is 11.4. The first-order valence-corrected chi connectivity index (χ1v) is 6.72. The molecule has 0 spiro atoms. The maximum Gasteiger partial charge on any atom is -1.00 e. The summed E-state index contributed by atoms with van der Waals surface area (Å²) >= 11 is 2.41. The van der Waals surface area contributed by atoms with Crippen LogP contribution in [0.25, 0.3) is 0 Å². The third-order valence-corrected chi connectivity index (χ3v) is 5.80. The van der Waals surface area contributed by atoms with Crippen LogP contribution < -0.4 is 0 Å². The monoisotopic (exact) mass is 248 g/mol. The van der Waals surface area contributed by atoms with Gasteiger partial charge >= 0.3 is 111 Å². The normalized spacial score (nSPS) is 20.1. The predicted molar refractivity (Wildman–Crippen MR) is 66.9 cm³/mol. The molecule has 0 N–H and O–H groups in total. The molecule has 0 radical (unpaired) electrons. The Kier molecular flexibility index (Phi) is 3.16. The first-order chi connectivity index (χ1) is 7.46. The Hall–Kier alpha value is -0.326. The van der Waals surface area contributed by atoms with E-state index in [1.165, 1.54) is 0 Å². The number of hydrogen-bond acceptors (Lipinski definition) is 0. The van der Waals surface area contributed by atoms with Crippen LogP contribution in [-0.4, -0.2) is 0 Å². The molecule has 0 fully saturated rings. The Morgan fingerprint density at radius 1 is 1.00 bits per heavy atom. The molecule has 2 aliphatic carbocycles. The molecule has 2 rings (SSSR count). The van der Waals surface area contributed by atoms with E-state index in [9.17, 15) is 0 Å². The smallest absolute Gasteiger partial charge is 1.00 e. The molecule has 0 aromatic heterocycles. The number of allylic oxidation sites excluding steroid dienone is 8. The predicted octanol–water partition coefficient (Wildman–Crippen LogP) is 4.62. The minimum atomic E-state index is 0. The van der Waals surface area contributed by atoms with Crippen molar-refractivity contribution in [2.24, 2.45) is 5.41 Å². The van der Waals surface area contributed by atoms with Gasteiger partial charge in [-0.3, -0.25) is 0 Å². The Labute approximate surface area is 112 Å². The van der Waals surface area contributed by atoms with Crippen molar-refractivity contribution in [2.45, 2.75) is 37.3 Å². The fourth-order valence-electron chi connectivity index (χ4n) is 2.62. The van der Waals surface area contributed by atoms with Crippen LogP contribution >= 0.6 is 0 Å². The second-order valence-corrected chi connectivity index (χ2v) is 6.82. The third kappa shape index (κ3) is 1.83. The van der Waals surface area contributed by atoms with Crippen molar-refractivity contribution in [1.82, 2.24) is 0 Å². The summed E-state index contributed by atoms with van der Waals surface area (Å²) in [7, 11) is 0. The van der Waals surface area contributed by atoms with Gasteiger partial charge in [0.25, 0.3) is 0 Å². The van der Waals surface area contributed by atoms with Gasteiger partial charge in [-0.25, -0.2) is 0 Å². The van der Waals surface area contributed by atoms with Crippen molar-refractivity contribution in [3.05, 3.63) is 47.6 Å². The molecule has 0 saturated carbocycles. The molecule has 0 bridgehead atoms. The van der Waals surface area contributed by atoms with Gasteiger partial charge in [0, 0.05) is 0 Å². The minimum absolute atomic E-state index is 0. The van der Waals surface area contributed by atoms with E-state index in [1.807, 2.05) is 0 Å². The summed E-state index contributed by atoms with van der Waals surface area (Å²) in [6, 6.07) is 0. The van der Waals surface area contributed by atoms with Crippen molar-refractivity contribution < 1.29 is 21.9 Å². The van der Waals surface area contributed by atoms with Gasteiger partial charge < -0.3 is 1.43 Å². The van der Waals surface area contributed by atoms with E-state index in [4.69, 9.17) is 0 Å². The average molecular weight is 248 g/mol. The molecule has 1 heteroatoms. The Morgan fingerprint density at radius 2 is 1.44 bits per heavy atom. The van der Waals surface area contributed by atoms with E-state index in [2.05, 4.69) is 77.7 Å². The molecule has 0 nitrogen and oxygen atoms in total. The van der Waals surface area contributed by atoms with Gasteiger partial charge in [0.05, 0.1) is 0 Å². The Morgan fingerprint density at radius 3 is 1.69 bits per heavy atom. The van der Waals surface area contributed by atoms with Crippen LogP contribution in [0.15, 0.2) is 47.6 Å². The van der Waals surface area contributed by atoms with Crippen molar-refractivity contribution >= 4 is 0 Å². The summed E-state index contributed by atoms with van der Waals surface area (Å²) in [5, 5.41) is 0. The maximum absolute atomic E-state index is 2.41. The van der Waals surface area contributed by atoms with Gasteiger partial charge in [-0.1, -0.05) is 0 Å². The zero-order chi connectivity index (χ0) is 11.8. The molecule has 0 aromatic carbocycles. The summed E-state index contributed by atoms with van der Waals surface area (Å²) in [5.41, 5.74) is 3.40. The van der Waals surface area contributed by atoms with E-state index in [0.717, 1.165) is 12.8 Å². The molecule has 16 heavy (non-hydrogen) atoms. The molecule has 0 unspecified atom stereocenters. The van der Waals surface area contributed by atoms with Gasteiger partial charge in [0.1, 0.15) is 0 Å². The van der Waals surface area contributed by atoms with Gasteiger partial charge in [0.15, 0.2) is 0 Å². The summed E-state index contributed by atoms with van der Waals surface area (Å²) in [5.74, 6) is 0. The fourth-order valence-corrected chi connectivity index (χ4v) is 3.20. The summed E-state index contributed by atoms with van der Waals surface area (Å²) in [6.07, 6.45) is 15.8. The molecule has 0 aliphatic heterocycles. The van der Waals surface area contributed by atoms with E-state index < -0.39 is 0 Å². The van der Waals surface area contributed by atoms with Crippen LogP contribution in [0.3, 0.4) is 0 Å². The van der Waals surface area contributed by atoms with Crippen molar-refractivity contribution in [2.75, 3.05) is 0 Å². The summed E-state index contributed by atoms with van der Waals surface area (Å²) in [6.45, 7) is 7.06. The maximum atomic E-state index is 2.41. The molecular formula is C15H20Ti-. The molecule has 0 heterocycles. The van der Waals surface area contributed by atoms with Crippen LogP contribution in [0.5, 0.6) is 0 Å². The first kappa shape index (κ1) is 12.1. The van der Waals surface area contributed by atoms with Crippen molar-refractivity contribution in [1.29, 1.82) is 0 Å². The van der Waals surface area contributed by atoms with Crippen LogP contribution in [0.2, 0.25) is 3.72 Å². The van der Waals surface area contributed by atoms with Crippen LogP contribution in [0.1, 0.15) is 35.0 Å². The first-order valence-electron chi connectivity index (χ1n) is 5.93. The number of rotatable bonds is 2. The van der Waals surface area contributed by atoms with E-state index in [-0.39, 0.29) is 10.6 Å². The van der Waals surface area contributed by atoms with Crippen LogP contribution in [-0.2, 0) is 20.4 Å². The van der Waals surface area contributed by atoms with E-state index in [0.29, 0.717) is 0 Å². The van der Waals surface area contributed by atoms with Gasteiger partial charge in [0.2, 0.25) is 0 Å². The Bertz CT molecular complexity index is 375. The third-order valence-electron chi connectivity index (χ3n) is 3.63. The largest absolute Gasteiger partial charge is 1.00 e. The molecule has 2 aliphatic rings. The van der Waals surface area contributed by atoms with Crippen LogP contribution in [0, 0.1) is 5.41 Å². The minimum Gasteiger partial charge on any atom is -1.00 e. The van der Waals surface area contributed by atoms with Crippen molar-refractivity contribution in [3.63, 3.8) is 0 Å².